The van der Waals surface area contributed by atoms with Gasteiger partial charge in [-0.2, -0.15) is 5.26 Å². The van der Waals surface area contributed by atoms with Gasteiger partial charge in [0.2, 0.25) is 5.91 Å². The van der Waals surface area contributed by atoms with E-state index in [0.717, 1.165) is 32.1 Å². The highest BCUT2D eigenvalue weighted by atomic mass is 16.5. The molecule has 4 aliphatic carbocycles. The van der Waals surface area contributed by atoms with E-state index in [1.54, 1.807) is 13.0 Å². The van der Waals surface area contributed by atoms with Crippen LogP contribution in [0.15, 0.2) is 12.1 Å². The molecule has 1 aromatic carbocycles. The molecule has 0 spiro atoms. The third-order valence-electron chi connectivity index (χ3n) is 10.8. The van der Waals surface area contributed by atoms with Gasteiger partial charge in [0, 0.05) is 18.7 Å². The number of hydrogen-bond donors (Lipinski definition) is 3. The second-order valence-corrected chi connectivity index (χ2v) is 13.4. The molecule has 4 aliphatic rings. The summed E-state index contributed by atoms with van der Waals surface area (Å²) in [5.41, 5.74) is -0.0591. The minimum atomic E-state index is -0.809. The molecular weight excluding hydrogens is 522 g/mol. The number of fused-ring (bicyclic) bond motifs is 2. The Bertz CT molecular complexity index is 1240. The lowest BCUT2D eigenvalue weighted by molar-refractivity contribution is -0.150. The fourth-order valence-corrected chi connectivity index (χ4v) is 7.44. The summed E-state index contributed by atoms with van der Waals surface area (Å²) < 4.78 is 11.7. The molecule has 4 unspecified atom stereocenters. The maximum atomic E-state index is 13.7. The van der Waals surface area contributed by atoms with E-state index in [4.69, 9.17) is 9.47 Å². The van der Waals surface area contributed by atoms with E-state index in [9.17, 15) is 24.8 Å². The van der Waals surface area contributed by atoms with Crippen LogP contribution < -0.4 is 20.1 Å². The third kappa shape index (κ3) is 5.62. The predicted molar refractivity (Wildman–Crippen MR) is 151 cm³/mol. The van der Waals surface area contributed by atoms with Crippen LogP contribution >= 0.6 is 0 Å². The van der Waals surface area contributed by atoms with Crippen molar-refractivity contribution in [2.75, 3.05) is 13.7 Å². The molecule has 4 fully saturated rings. The highest BCUT2D eigenvalue weighted by Gasteiger charge is 2.52. The maximum absolute atomic E-state index is 13.7. The Morgan fingerprint density at radius 1 is 1.07 bits per heavy atom. The van der Waals surface area contributed by atoms with Crippen molar-refractivity contribution in [1.82, 2.24) is 10.6 Å². The van der Waals surface area contributed by atoms with Crippen molar-refractivity contribution in [3.63, 3.8) is 0 Å². The monoisotopic (exact) mass is 565 g/mol. The van der Waals surface area contributed by atoms with Gasteiger partial charge in [-0.15, -0.1) is 0 Å². The first-order valence-corrected chi connectivity index (χ1v) is 15.1. The molecule has 4 saturated carbocycles. The lowest BCUT2D eigenvalue weighted by Crippen LogP contribution is -2.50. The van der Waals surface area contributed by atoms with Crippen LogP contribution in [0.5, 0.6) is 11.5 Å². The average molecular weight is 566 g/mol. The Hall–Kier alpha value is -3.28. The summed E-state index contributed by atoms with van der Waals surface area (Å²) in [5, 5.41) is 25.7. The van der Waals surface area contributed by atoms with Crippen molar-refractivity contribution in [3.8, 4) is 17.6 Å². The number of nitrogens with zero attached hydrogens (tertiary/aromatic N) is 1. The molecule has 0 radical (unpaired) electrons. The van der Waals surface area contributed by atoms with Crippen LogP contribution in [-0.2, 0) is 9.59 Å². The number of carboxylic acid groups (broad SMARTS) is 1. The molecule has 5 rings (SSSR count). The highest BCUT2D eigenvalue weighted by molar-refractivity contribution is 5.98. The zero-order chi connectivity index (χ0) is 29.5. The van der Waals surface area contributed by atoms with Crippen LogP contribution in [0.3, 0.4) is 0 Å². The van der Waals surface area contributed by atoms with Crippen LogP contribution in [0.25, 0.3) is 0 Å². The smallest absolute Gasteiger partial charge is 0.309 e. The first-order chi connectivity index (χ1) is 19.5. The lowest BCUT2D eigenvalue weighted by atomic mass is 9.75. The van der Waals surface area contributed by atoms with Crippen molar-refractivity contribution in [3.05, 3.63) is 23.3 Å². The first-order valence-electron chi connectivity index (χ1n) is 15.1. The molecule has 1 aromatic rings. The number of amides is 2. The number of nitriles is 1. The Labute approximate surface area is 242 Å². The zero-order valence-electron chi connectivity index (χ0n) is 24.6. The minimum absolute atomic E-state index is 0.0379. The van der Waals surface area contributed by atoms with Crippen molar-refractivity contribution >= 4 is 17.8 Å². The number of carbonyl (C=O) groups excluding carboxylic acids is 2. The van der Waals surface area contributed by atoms with E-state index < -0.39 is 11.4 Å². The molecular formula is C32H43N3O6. The van der Waals surface area contributed by atoms with Crippen molar-refractivity contribution in [2.24, 2.45) is 34.5 Å². The van der Waals surface area contributed by atoms with Gasteiger partial charge in [0.15, 0.2) is 0 Å². The van der Waals surface area contributed by atoms with Gasteiger partial charge in [-0.3, -0.25) is 14.4 Å². The summed E-state index contributed by atoms with van der Waals surface area (Å²) >= 11 is 0. The predicted octanol–water partition coefficient (Wildman–Crippen LogP) is 4.68. The van der Waals surface area contributed by atoms with Gasteiger partial charge in [0.1, 0.15) is 17.6 Å². The molecule has 0 aromatic heterocycles. The molecule has 2 bridgehead atoms. The summed E-state index contributed by atoms with van der Waals surface area (Å²) in [5.74, 6) is 0.218. The van der Waals surface area contributed by atoms with Crippen LogP contribution in [0.2, 0.25) is 0 Å². The molecule has 4 atom stereocenters. The van der Waals surface area contributed by atoms with Crippen molar-refractivity contribution in [1.29, 1.82) is 5.26 Å². The van der Waals surface area contributed by atoms with Crippen LogP contribution in [0.4, 0.5) is 0 Å². The summed E-state index contributed by atoms with van der Waals surface area (Å²) in [6.45, 7) is 6.86. The highest BCUT2D eigenvalue weighted by Crippen LogP contribution is 2.52. The molecule has 9 heteroatoms. The second kappa shape index (κ2) is 11.2. The minimum Gasteiger partial charge on any atom is -0.496 e. The molecule has 3 N–H and O–H groups in total. The number of carbonyl (C=O) groups is 3. The summed E-state index contributed by atoms with van der Waals surface area (Å²) in [4.78, 5) is 38.8. The van der Waals surface area contributed by atoms with Crippen LogP contribution in [-0.4, -0.2) is 48.7 Å². The van der Waals surface area contributed by atoms with E-state index in [1.807, 2.05) is 0 Å². The van der Waals surface area contributed by atoms with E-state index in [1.165, 1.54) is 13.2 Å². The Kier molecular flexibility index (Phi) is 7.97. The third-order valence-corrected chi connectivity index (χ3v) is 10.8. The standard InChI is InChI=1S/C32H43N3O6/c1-18(2)32(11-12-32)17-34-29(37)26-19-5-6-20(13-19)27(26)35-28(36)23-15-24(21(16-33)14-25(23)40-4)41-22-7-9-31(3,10-8-22)30(38)39/h14-15,18-20,22,26-27H,5-13,17H2,1-4H3,(H,34,37)(H,35,36)(H,38,39). The van der Waals surface area contributed by atoms with Gasteiger partial charge in [0.25, 0.3) is 5.91 Å². The van der Waals surface area contributed by atoms with Crippen LogP contribution in [0.1, 0.15) is 94.5 Å². The Balaban J connectivity index is 1.31. The number of hydrogen-bond acceptors (Lipinski definition) is 6. The van der Waals surface area contributed by atoms with Gasteiger partial charge in [-0.25, -0.2) is 0 Å². The van der Waals surface area contributed by atoms with Gasteiger partial charge in [-0.05, 0) is 93.9 Å². The Morgan fingerprint density at radius 3 is 2.34 bits per heavy atom. The maximum Gasteiger partial charge on any atom is 0.309 e. The molecule has 0 saturated heterocycles. The van der Waals surface area contributed by atoms with Gasteiger partial charge < -0.3 is 25.2 Å². The average Bonchev–Trinajstić information content (AvgIpc) is 3.49. The summed E-state index contributed by atoms with van der Waals surface area (Å²) in [7, 11) is 1.46. The van der Waals surface area contributed by atoms with Crippen LogP contribution in [0, 0.1) is 45.8 Å². The number of carboxylic acids is 1. The van der Waals surface area contributed by atoms with E-state index in [0.29, 0.717) is 38.1 Å². The second-order valence-electron chi connectivity index (χ2n) is 13.4. The Morgan fingerprint density at radius 2 is 1.76 bits per heavy atom. The number of rotatable bonds is 10. The van der Waals surface area contributed by atoms with Crippen molar-refractivity contribution < 1.29 is 29.0 Å². The number of ether oxygens (including phenoxy) is 2. The summed E-state index contributed by atoms with van der Waals surface area (Å²) in [6.07, 6.45) is 7.01. The number of methoxy groups -OCH3 is 1. The number of aliphatic carboxylic acids is 1. The lowest BCUT2D eigenvalue weighted by Gasteiger charge is -2.34. The number of nitrogens with one attached hydrogen (secondary N) is 2. The normalized spacial score (nSPS) is 31.3. The quantitative estimate of drug-likeness (QED) is 0.375. The van der Waals surface area contributed by atoms with Crippen molar-refractivity contribution in [2.45, 2.75) is 90.7 Å². The van der Waals surface area contributed by atoms with Gasteiger partial charge in [-0.1, -0.05) is 13.8 Å². The largest absolute Gasteiger partial charge is 0.496 e. The fourth-order valence-electron chi connectivity index (χ4n) is 7.44. The SMILES string of the molecule is COc1cc(C#N)c(OC2CCC(C)(C(=O)O)CC2)cc1C(=O)NC1C2CCC(C2)C1C(=O)NCC1(C(C)C)CC1. The molecule has 9 nitrogen and oxygen atoms in total. The molecule has 41 heavy (non-hydrogen) atoms. The molecule has 2 amide bonds. The van der Waals surface area contributed by atoms with Gasteiger partial charge in [0.05, 0.1) is 35.7 Å². The number of benzene rings is 1. The van der Waals surface area contributed by atoms with E-state index in [2.05, 4.69) is 30.6 Å². The molecule has 0 heterocycles. The summed E-state index contributed by atoms with van der Waals surface area (Å²) in [6, 6.07) is 4.95. The van der Waals surface area contributed by atoms with E-state index in [-0.39, 0.29) is 69.8 Å². The topological polar surface area (TPSA) is 138 Å². The van der Waals surface area contributed by atoms with E-state index >= 15 is 0 Å². The zero-order valence-corrected chi connectivity index (χ0v) is 24.6. The molecule has 222 valence electrons. The van der Waals surface area contributed by atoms with Gasteiger partial charge >= 0.3 is 5.97 Å². The fraction of sp³-hybridized carbons (Fsp3) is 0.688. The molecule has 0 aliphatic heterocycles. The first kappa shape index (κ1) is 29.2.